The Morgan fingerprint density at radius 1 is 1.33 bits per heavy atom. The summed E-state index contributed by atoms with van der Waals surface area (Å²) in [6.07, 6.45) is 2.06. The van der Waals surface area contributed by atoms with Crippen molar-refractivity contribution in [2.75, 3.05) is 7.05 Å². The van der Waals surface area contributed by atoms with E-state index in [1.807, 2.05) is 6.07 Å². The molecule has 0 aromatic heterocycles. The lowest BCUT2D eigenvalue weighted by molar-refractivity contribution is 0.962. The van der Waals surface area contributed by atoms with Crippen LogP contribution in [-0.4, -0.2) is 17.9 Å². The van der Waals surface area contributed by atoms with Crippen LogP contribution in [0.1, 0.15) is 17.5 Å². The largest absolute Gasteiger partial charge is 0.364 e. The van der Waals surface area contributed by atoms with E-state index in [1.165, 1.54) is 11.1 Å². The maximum atomic E-state index is 4.96. The van der Waals surface area contributed by atoms with Gasteiger partial charge in [0.1, 0.15) is 0 Å². The van der Waals surface area contributed by atoms with Crippen LogP contribution in [0.2, 0.25) is 0 Å². The molecule has 1 aromatic carbocycles. The predicted octanol–water partition coefficient (Wildman–Crippen LogP) is 1.43. The summed E-state index contributed by atoms with van der Waals surface area (Å²) in [5.74, 6) is 0. The molecule has 0 saturated heterocycles. The Morgan fingerprint density at radius 3 is 2.93 bits per heavy atom. The summed E-state index contributed by atoms with van der Waals surface area (Å²) in [6.45, 7) is 0. The number of fused-ring (bicyclic) bond motifs is 1. The molecular formula is C11H13N3S. The molecule has 4 heteroatoms. The normalized spacial score (nSPS) is 16.2. The second kappa shape index (κ2) is 4.40. The molecule has 0 fully saturated rings. The zero-order chi connectivity index (χ0) is 10.7. The Morgan fingerprint density at radius 2 is 2.13 bits per heavy atom. The van der Waals surface area contributed by atoms with Gasteiger partial charge in [-0.3, -0.25) is 5.43 Å². The first-order valence-electron chi connectivity index (χ1n) is 4.94. The van der Waals surface area contributed by atoms with Gasteiger partial charge in [0.05, 0.1) is 5.71 Å². The third kappa shape index (κ3) is 2.15. The molecule has 0 heterocycles. The highest BCUT2D eigenvalue weighted by Gasteiger charge is 2.16. The van der Waals surface area contributed by atoms with Crippen molar-refractivity contribution in [2.24, 2.45) is 5.10 Å². The van der Waals surface area contributed by atoms with Crippen LogP contribution in [-0.2, 0) is 6.42 Å². The first-order chi connectivity index (χ1) is 7.31. The maximum Gasteiger partial charge on any atom is 0.186 e. The van der Waals surface area contributed by atoms with Crippen LogP contribution in [0.15, 0.2) is 29.4 Å². The molecule has 2 N–H and O–H groups in total. The number of nitrogens with zero attached hydrogens (tertiary/aromatic N) is 1. The molecule has 1 aliphatic carbocycles. The maximum absolute atomic E-state index is 4.96. The summed E-state index contributed by atoms with van der Waals surface area (Å²) < 4.78 is 0. The van der Waals surface area contributed by atoms with Gasteiger partial charge in [-0.25, -0.2) is 0 Å². The first kappa shape index (κ1) is 10.1. The van der Waals surface area contributed by atoms with Crippen LogP contribution in [0.25, 0.3) is 0 Å². The first-order valence-corrected chi connectivity index (χ1v) is 5.34. The molecule has 0 atom stereocenters. The van der Waals surface area contributed by atoms with Gasteiger partial charge in [0.25, 0.3) is 0 Å². The van der Waals surface area contributed by atoms with Crippen LogP contribution < -0.4 is 10.7 Å². The van der Waals surface area contributed by atoms with Gasteiger partial charge in [0.15, 0.2) is 5.11 Å². The summed E-state index contributed by atoms with van der Waals surface area (Å²) in [4.78, 5) is 0. The van der Waals surface area contributed by atoms with E-state index in [2.05, 4.69) is 34.0 Å². The molecule has 1 aromatic rings. The molecule has 0 amide bonds. The van der Waals surface area contributed by atoms with Crippen LogP contribution in [0, 0.1) is 0 Å². The van der Waals surface area contributed by atoms with Gasteiger partial charge in [-0.2, -0.15) is 5.10 Å². The smallest absolute Gasteiger partial charge is 0.186 e. The van der Waals surface area contributed by atoms with Gasteiger partial charge < -0.3 is 5.32 Å². The standard InChI is InChI=1S/C11H13N3S/c1-12-11(15)14-13-10-7-6-8-4-2-3-5-9(8)10/h2-5H,6-7H2,1H3,(H2,12,14,15). The van der Waals surface area contributed by atoms with Gasteiger partial charge in [-0.1, -0.05) is 24.3 Å². The molecule has 15 heavy (non-hydrogen) atoms. The highest BCUT2D eigenvalue weighted by molar-refractivity contribution is 7.80. The van der Waals surface area contributed by atoms with Gasteiger partial charge in [0.2, 0.25) is 0 Å². The average Bonchev–Trinajstić information content (AvgIpc) is 2.69. The van der Waals surface area contributed by atoms with E-state index in [1.54, 1.807) is 7.05 Å². The molecule has 2 rings (SSSR count). The highest BCUT2D eigenvalue weighted by atomic mass is 32.1. The fourth-order valence-electron chi connectivity index (χ4n) is 1.70. The summed E-state index contributed by atoms with van der Waals surface area (Å²) >= 11 is 4.96. The average molecular weight is 219 g/mol. The third-order valence-electron chi connectivity index (χ3n) is 2.48. The van der Waals surface area contributed by atoms with Gasteiger partial charge in [-0.15, -0.1) is 0 Å². The van der Waals surface area contributed by atoms with E-state index in [9.17, 15) is 0 Å². The van der Waals surface area contributed by atoms with Gasteiger partial charge >= 0.3 is 0 Å². The Balaban J connectivity index is 2.17. The quantitative estimate of drug-likeness (QED) is 0.554. The van der Waals surface area contributed by atoms with Crippen LogP contribution >= 0.6 is 12.2 Å². The number of hydrazone groups is 1. The summed E-state index contributed by atoms with van der Waals surface area (Å²) in [5, 5.41) is 7.67. The molecule has 0 bridgehead atoms. The topological polar surface area (TPSA) is 36.4 Å². The minimum absolute atomic E-state index is 0.548. The van der Waals surface area contributed by atoms with Crippen molar-refractivity contribution in [1.29, 1.82) is 0 Å². The molecule has 0 aliphatic heterocycles. The van der Waals surface area contributed by atoms with E-state index < -0.39 is 0 Å². The molecule has 0 saturated carbocycles. The monoisotopic (exact) mass is 219 g/mol. The lowest BCUT2D eigenvalue weighted by Crippen LogP contribution is -2.29. The van der Waals surface area contributed by atoms with E-state index in [4.69, 9.17) is 12.2 Å². The second-order valence-corrected chi connectivity index (χ2v) is 3.81. The summed E-state index contributed by atoms with van der Waals surface area (Å²) in [6, 6.07) is 8.35. The minimum Gasteiger partial charge on any atom is -0.364 e. The van der Waals surface area contributed by atoms with Gasteiger partial charge in [0, 0.05) is 12.6 Å². The lowest BCUT2D eigenvalue weighted by Gasteiger charge is -2.03. The zero-order valence-electron chi connectivity index (χ0n) is 8.58. The minimum atomic E-state index is 0.548. The zero-order valence-corrected chi connectivity index (χ0v) is 9.40. The van der Waals surface area contributed by atoms with Crippen LogP contribution in [0.4, 0.5) is 0 Å². The van der Waals surface area contributed by atoms with E-state index >= 15 is 0 Å². The van der Waals surface area contributed by atoms with Crippen molar-refractivity contribution < 1.29 is 0 Å². The van der Waals surface area contributed by atoms with E-state index in [0.717, 1.165) is 18.6 Å². The summed E-state index contributed by atoms with van der Waals surface area (Å²) in [5.41, 5.74) is 6.52. The molecule has 3 nitrogen and oxygen atoms in total. The number of nitrogens with one attached hydrogen (secondary N) is 2. The molecule has 1 aliphatic rings. The number of thiocarbonyl (C=S) groups is 1. The van der Waals surface area contributed by atoms with Gasteiger partial charge in [-0.05, 0) is 30.6 Å². The Bertz CT molecular complexity index is 412. The Labute approximate surface area is 94.6 Å². The number of rotatable bonds is 1. The van der Waals surface area contributed by atoms with Crippen molar-refractivity contribution in [3.63, 3.8) is 0 Å². The van der Waals surface area contributed by atoms with Crippen molar-refractivity contribution in [3.05, 3.63) is 35.4 Å². The number of benzene rings is 1. The van der Waals surface area contributed by atoms with E-state index in [-0.39, 0.29) is 0 Å². The number of hydrogen-bond acceptors (Lipinski definition) is 2. The van der Waals surface area contributed by atoms with E-state index in [0.29, 0.717) is 5.11 Å². The van der Waals surface area contributed by atoms with Crippen molar-refractivity contribution in [1.82, 2.24) is 10.7 Å². The van der Waals surface area contributed by atoms with Crippen molar-refractivity contribution in [2.45, 2.75) is 12.8 Å². The number of aryl methyl sites for hydroxylation is 1. The fraction of sp³-hybridized carbons (Fsp3) is 0.273. The predicted molar refractivity (Wildman–Crippen MR) is 66.1 cm³/mol. The molecule has 0 spiro atoms. The molecule has 0 unspecified atom stereocenters. The van der Waals surface area contributed by atoms with Crippen molar-refractivity contribution in [3.8, 4) is 0 Å². The SMILES string of the molecule is CNC(=S)NN=C1CCc2ccccc21. The summed E-state index contributed by atoms with van der Waals surface area (Å²) in [7, 11) is 1.78. The van der Waals surface area contributed by atoms with Crippen molar-refractivity contribution >= 4 is 23.0 Å². The number of hydrogen-bond donors (Lipinski definition) is 2. The Hall–Kier alpha value is -1.42. The highest BCUT2D eigenvalue weighted by Crippen LogP contribution is 2.21. The Kier molecular flexibility index (Phi) is 2.97. The third-order valence-corrected chi connectivity index (χ3v) is 2.77. The molecule has 78 valence electrons. The van der Waals surface area contributed by atoms with Crippen LogP contribution in [0.5, 0.6) is 0 Å². The molecular weight excluding hydrogens is 206 g/mol. The fourth-order valence-corrected chi connectivity index (χ4v) is 1.74. The lowest BCUT2D eigenvalue weighted by atomic mass is 10.1. The van der Waals surface area contributed by atoms with Crippen LogP contribution in [0.3, 0.4) is 0 Å². The molecule has 0 radical (unpaired) electrons. The second-order valence-electron chi connectivity index (χ2n) is 3.41.